The lowest BCUT2D eigenvalue weighted by Gasteiger charge is -2.32. The van der Waals surface area contributed by atoms with Gasteiger partial charge in [0.05, 0.1) is 6.61 Å². The smallest absolute Gasteiger partial charge is 0.0506 e. The second kappa shape index (κ2) is 6.41. The van der Waals surface area contributed by atoms with Crippen molar-refractivity contribution in [3.63, 3.8) is 0 Å². The molecule has 0 aromatic carbocycles. The molecule has 0 amide bonds. The van der Waals surface area contributed by atoms with Gasteiger partial charge in [-0.3, -0.25) is 0 Å². The van der Waals surface area contributed by atoms with Gasteiger partial charge < -0.3 is 9.64 Å². The van der Waals surface area contributed by atoms with E-state index in [1.807, 2.05) is 0 Å². The standard InChI is InChI=1S/C12H25NO/c1-4-7-13(11(2)3)9-12-6-5-8-14-10-12/h11-12H,4-10H2,1-3H3. The summed E-state index contributed by atoms with van der Waals surface area (Å²) in [7, 11) is 0. The van der Waals surface area contributed by atoms with Crippen LogP contribution in [0, 0.1) is 5.92 Å². The second-order valence-corrected chi connectivity index (χ2v) is 4.67. The van der Waals surface area contributed by atoms with Crippen molar-refractivity contribution in [2.75, 3.05) is 26.3 Å². The SMILES string of the molecule is CCCN(CC1CCCOC1)C(C)C. The van der Waals surface area contributed by atoms with E-state index in [1.54, 1.807) is 0 Å². The van der Waals surface area contributed by atoms with Gasteiger partial charge in [-0.05, 0) is 45.6 Å². The maximum atomic E-state index is 5.51. The predicted molar refractivity (Wildman–Crippen MR) is 60.5 cm³/mol. The molecule has 1 unspecified atom stereocenters. The first-order valence-electron chi connectivity index (χ1n) is 6.05. The van der Waals surface area contributed by atoms with Gasteiger partial charge in [-0.1, -0.05) is 6.92 Å². The van der Waals surface area contributed by atoms with E-state index in [2.05, 4.69) is 25.7 Å². The van der Waals surface area contributed by atoms with Crippen LogP contribution in [0.15, 0.2) is 0 Å². The highest BCUT2D eigenvalue weighted by Crippen LogP contribution is 2.16. The van der Waals surface area contributed by atoms with Gasteiger partial charge in [0, 0.05) is 19.2 Å². The van der Waals surface area contributed by atoms with Crippen molar-refractivity contribution in [2.24, 2.45) is 5.92 Å². The van der Waals surface area contributed by atoms with Crippen molar-refractivity contribution in [2.45, 2.75) is 46.1 Å². The van der Waals surface area contributed by atoms with Crippen molar-refractivity contribution < 1.29 is 4.74 Å². The molecule has 1 aliphatic heterocycles. The molecule has 0 spiro atoms. The summed E-state index contributed by atoms with van der Waals surface area (Å²) in [4.78, 5) is 2.58. The predicted octanol–water partition coefficient (Wildman–Crippen LogP) is 2.53. The summed E-state index contributed by atoms with van der Waals surface area (Å²) >= 11 is 0. The maximum Gasteiger partial charge on any atom is 0.0506 e. The Hall–Kier alpha value is -0.0800. The van der Waals surface area contributed by atoms with Gasteiger partial charge >= 0.3 is 0 Å². The van der Waals surface area contributed by atoms with Gasteiger partial charge in [-0.15, -0.1) is 0 Å². The molecule has 14 heavy (non-hydrogen) atoms. The zero-order chi connectivity index (χ0) is 10.4. The van der Waals surface area contributed by atoms with E-state index in [9.17, 15) is 0 Å². The van der Waals surface area contributed by atoms with Crippen molar-refractivity contribution in [1.29, 1.82) is 0 Å². The van der Waals surface area contributed by atoms with E-state index < -0.39 is 0 Å². The number of hydrogen-bond donors (Lipinski definition) is 0. The molecular weight excluding hydrogens is 174 g/mol. The zero-order valence-corrected chi connectivity index (χ0v) is 9.96. The van der Waals surface area contributed by atoms with E-state index in [-0.39, 0.29) is 0 Å². The van der Waals surface area contributed by atoms with Crippen molar-refractivity contribution in [3.8, 4) is 0 Å². The van der Waals surface area contributed by atoms with E-state index in [0.717, 1.165) is 19.1 Å². The lowest BCUT2D eigenvalue weighted by atomic mass is 10.0. The van der Waals surface area contributed by atoms with Gasteiger partial charge in [0.25, 0.3) is 0 Å². The van der Waals surface area contributed by atoms with Crippen molar-refractivity contribution >= 4 is 0 Å². The molecule has 1 atom stereocenters. The Morgan fingerprint density at radius 2 is 2.21 bits per heavy atom. The van der Waals surface area contributed by atoms with Crippen LogP contribution in [0.2, 0.25) is 0 Å². The minimum absolute atomic E-state index is 0.678. The zero-order valence-electron chi connectivity index (χ0n) is 9.96. The molecule has 0 N–H and O–H groups in total. The lowest BCUT2D eigenvalue weighted by Crippen LogP contribution is -2.38. The first-order chi connectivity index (χ1) is 6.74. The Bertz CT molecular complexity index is 141. The van der Waals surface area contributed by atoms with E-state index in [4.69, 9.17) is 4.74 Å². The van der Waals surface area contributed by atoms with Gasteiger partial charge in [0.1, 0.15) is 0 Å². The highest BCUT2D eigenvalue weighted by Gasteiger charge is 2.18. The summed E-state index contributed by atoms with van der Waals surface area (Å²) in [6, 6.07) is 0.678. The molecule has 0 bridgehead atoms. The van der Waals surface area contributed by atoms with Crippen LogP contribution in [0.5, 0.6) is 0 Å². The molecule has 0 radical (unpaired) electrons. The van der Waals surface area contributed by atoms with Crippen LogP contribution in [-0.2, 0) is 4.74 Å². The normalized spacial score (nSPS) is 23.4. The monoisotopic (exact) mass is 199 g/mol. The molecule has 1 aliphatic rings. The molecule has 1 rings (SSSR count). The average molecular weight is 199 g/mol. The minimum atomic E-state index is 0.678. The third-order valence-electron chi connectivity index (χ3n) is 2.99. The summed E-state index contributed by atoms with van der Waals surface area (Å²) in [5.74, 6) is 0.776. The molecule has 2 nitrogen and oxygen atoms in total. The summed E-state index contributed by atoms with van der Waals surface area (Å²) in [6.45, 7) is 11.3. The van der Waals surface area contributed by atoms with Crippen LogP contribution in [0.1, 0.15) is 40.0 Å². The minimum Gasteiger partial charge on any atom is -0.381 e. The summed E-state index contributed by atoms with van der Waals surface area (Å²) < 4.78 is 5.51. The fourth-order valence-electron chi connectivity index (χ4n) is 2.13. The van der Waals surface area contributed by atoms with Gasteiger partial charge in [0.15, 0.2) is 0 Å². The molecule has 0 aromatic heterocycles. The van der Waals surface area contributed by atoms with Gasteiger partial charge in [-0.25, -0.2) is 0 Å². The Kier molecular flexibility index (Phi) is 5.49. The van der Waals surface area contributed by atoms with Gasteiger partial charge in [0.2, 0.25) is 0 Å². The Balaban J connectivity index is 2.29. The van der Waals surface area contributed by atoms with E-state index in [0.29, 0.717) is 6.04 Å². The molecule has 0 saturated carbocycles. The van der Waals surface area contributed by atoms with Crippen LogP contribution in [0.3, 0.4) is 0 Å². The topological polar surface area (TPSA) is 12.5 Å². The summed E-state index contributed by atoms with van der Waals surface area (Å²) in [6.07, 6.45) is 3.86. The molecule has 0 aliphatic carbocycles. The number of rotatable bonds is 5. The van der Waals surface area contributed by atoms with Crippen LogP contribution < -0.4 is 0 Å². The quantitative estimate of drug-likeness (QED) is 0.674. The average Bonchev–Trinajstić information content (AvgIpc) is 2.18. The first-order valence-corrected chi connectivity index (χ1v) is 6.05. The highest BCUT2D eigenvalue weighted by molar-refractivity contribution is 4.71. The molecule has 84 valence electrons. The molecule has 1 saturated heterocycles. The Morgan fingerprint density at radius 3 is 2.71 bits per heavy atom. The number of hydrogen-bond acceptors (Lipinski definition) is 2. The number of ether oxygens (including phenoxy) is 1. The van der Waals surface area contributed by atoms with Crippen molar-refractivity contribution in [3.05, 3.63) is 0 Å². The van der Waals surface area contributed by atoms with Crippen LogP contribution in [0.4, 0.5) is 0 Å². The molecule has 0 aromatic rings. The second-order valence-electron chi connectivity index (χ2n) is 4.67. The van der Waals surface area contributed by atoms with Crippen LogP contribution in [-0.4, -0.2) is 37.2 Å². The van der Waals surface area contributed by atoms with Crippen LogP contribution >= 0.6 is 0 Å². The first kappa shape index (κ1) is 12.0. The largest absolute Gasteiger partial charge is 0.381 e. The van der Waals surface area contributed by atoms with Gasteiger partial charge in [-0.2, -0.15) is 0 Å². The third-order valence-corrected chi connectivity index (χ3v) is 2.99. The third kappa shape index (κ3) is 3.97. The van der Waals surface area contributed by atoms with E-state index in [1.165, 1.54) is 32.4 Å². The fourth-order valence-corrected chi connectivity index (χ4v) is 2.13. The Labute approximate surface area is 88.6 Å². The molecule has 2 heteroatoms. The Morgan fingerprint density at radius 1 is 1.43 bits per heavy atom. The maximum absolute atomic E-state index is 5.51. The molecule has 1 heterocycles. The summed E-state index contributed by atoms with van der Waals surface area (Å²) in [5.41, 5.74) is 0. The molecular formula is C12H25NO. The fraction of sp³-hybridized carbons (Fsp3) is 1.00. The van der Waals surface area contributed by atoms with Crippen LogP contribution in [0.25, 0.3) is 0 Å². The summed E-state index contributed by atoms with van der Waals surface area (Å²) in [5, 5.41) is 0. The number of nitrogens with zero attached hydrogens (tertiary/aromatic N) is 1. The molecule has 1 fully saturated rings. The lowest BCUT2D eigenvalue weighted by molar-refractivity contribution is 0.0335. The van der Waals surface area contributed by atoms with Crippen molar-refractivity contribution in [1.82, 2.24) is 4.90 Å². The van der Waals surface area contributed by atoms with E-state index >= 15 is 0 Å². The highest BCUT2D eigenvalue weighted by atomic mass is 16.5.